The number of thiazole rings is 1. The summed E-state index contributed by atoms with van der Waals surface area (Å²) in [5, 5.41) is 8.58. The summed E-state index contributed by atoms with van der Waals surface area (Å²) in [5.41, 5.74) is 3.44. The molecule has 1 N–H and O–H groups in total. The van der Waals surface area contributed by atoms with Gasteiger partial charge in [0.05, 0.1) is 34.3 Å². The summed E-state index contributed by atoms with van der Waals surface area (Å²) in [5.74, 6) is -0.395. The largest absolute Gasteiger partial charge is 0.344 e. The molecule has 0 radical (unpaired) electrons. The second kappa shape index (κ2) is 6.81. The van der Waals surface area contributed by atoms with Gasteiger partial charge in [-0.1, -0.05) is 19.9 Å². The Balaban J connectivity index is 1.70. The van der Waals surface area contributed by atoms with Gasteiger partial charge in [-0.25, -0.2) is 14.1 Å². The van der Waals surface area contributed by atoms with Crippen molar-refractivity contribution in [2.45, 2.75) is 46.6 Å². The first-order valence-corrected chi connectivity index (χ1v) is 10.1. The fourth-order valence-electron chi connectivity index (χ4n) is 3.97. The van der Waals surface area contributed by atoms with Crippen molar-refractivity contribution in [1.29, 1.82) is 0 Å². The topological polar surface area (TPSA) is 59.8 Å². The number of nitrogens with zero attached hydrogens (tertiary/aromatic N) is 3. The fraction of sp³-hybridized carbons (Fsp3) is 0.381. The van der Waals surface area contributed by atoms with Crippen LogP contribution in [0.3, 0.4) is 0 Å². The Morgan fingerprint density at radius 2 is 2.14 bits per heavy atom. The predicted octanol–water partition coefficient (Wildman–Crippen LogP) is 4.53. The van der Waals surface area contributed by atoms with Crippen LogP contribution < -0.4 is 5.32 Å². The van der Waals surface area contributed by atoms with Crippen LogP contribution in [-0.4, -0.2) is 20.7 Å². The first-order valence-electron chi connectivity index (χ1n) is 9.31. The van der Waals surface area contributed by atoms with Crippen LogP contribution in [0.15, 0.2) is 30.5 Å². The van der Waals surface area contributed by atoms with Gasteiger partial charge in [-0.2, -0.15) is 5.10 Å². The molecule has 0 fully saturated rings. The Hall–Kier alpha value is -2.54. The quantitative estimate of drug-likeness (QED) is 0.705. The lowest BCUT2D eigenvalue weighted by Gasteiger charge is -2.35. The maximum Gasteiger partial charge on any atom is 0.263 e. The van der Waals surface area contributed by atoms with E-state index in [2.05, 4.69) is 29.2 Å². The minimum atomic E-state index is -0.294. The van der Waals surface area contributed by atoms with Crippen molar-refractivity contribution in [2.75, 3.05) is 0 Å². The van der Waals surface area contributed by atoms with Crippen LogP contribution in [0.5, 0.6) is 0 Å². The average Bonchev–Trinajstić information content (AvgIpc) is 3.16. The van der Waals surface area contributed by atoms with Crippen LogP contribution in [-0.2, 0) is 6.42 Å². The molecule has 2 heterocycles. The van der Waals surface area contributed by atoms with Crippen molar-refractivity contribution >= 4 is 17.2 Å². The monoisotopic (exact) mass is 398 g/mol. The van der Waals surface area contributed by atoms with Gasteiger partial charge in [-0.3, -0.25) is 4.79 Å². The Morgan fingerprint density at radius 1 is 1.36 bits per heavy atom. The molecule has 5 nitrogen and oxygen atoms in total. The molecule has 146 valence electrons. The van der Waals surface area contributed by atoms with E-state index < -0.39 is 0 Å². The number of fused-ring (bicyclic) bond motifs is 1. The number of benzene rings is 1. The SMILES string of the molecule is Cc1nc(C)c(C(=O)N[C@H]2CC(C)(C)Cc3c2cnn3-c2cccc(F)c2)s1. The molecule has 4 rings (SSSR count). The van der Waals surface area contributed by atoms with Crippen molar-refractivity contribution in [3.8, 4) is 5.69 Å². The molecule has 0 unspecified atom stereocenters. The normalized spacial score (nSPS) is 18.0. The summed E-state index contributed by atoms with van der Waals surface area (Å²) >= 11 is 1.41. The average molecular weight is 399 g/mol. The number of carbonyl (C=O) groups is 1. The van der Waals surface area contributed by atoms with Gasteiger partial charge in [0, 0.05) is 5.56 Å². The minimum absolute atomic E-state index is 0.0191. The van der Waals surface area contributed by atoms with E-state index in [0.29, 0.717) is 10.6 Å². The lowest BCUT2D eigenvalue weighted by Crippen LogP contribution is -2.36. The van der Waals surface area contributed by atoms with Crippen molar-refractivity contribution < 1.29 is 9.18 Å². The van der Waals surface area contributed by atoms with Gasteiger partial charge in [-0.05, 0) is 50.3 Å². The molecule has 1 amide bonds. The fourth-order valence-corrected chi connectivity index (χ4v) is 4.79. The minimum Gasteiger partial charge on any atom is -0.344 e. The van der Waals surface area contributed by atoms with Gasteiger partial charge < -0.3 is 5.32 Å². The number of halogens is 1. The molecule has 1 atom stereocenters. The molecule has 0 saturated heterocycles. The maximum atomic E-state index is 13.7. The van der Waals surface area contributed by atoms with Crippen molar-refractivity contribution in [3.63, 3.8) is 0 Å². The molecule has 0 aliphatic heterocycles. The first kappa shape index (κ1) is 18.8. The number of hydrogen-bond donors (Lipinski definition) is 1. The molecule has 1 aliphatic carbocycles. The lowest BCUT2D eigenvalue weighted by molar-refractivity contribution is 0.0922. The zero-order valence-electron chi connectivity index (χ0n) is 16.4. The second-order valence-electron chi connectivity index (χ2n) is 8.16. The van der Waals surface area contributed by atoms with Crippen LogP contribution in [0, 0.1) is 25.1 Å². The number of aromatic nitrogens is 3. The highest BCUT2D eigenvalue weighted by Crippen LogP contribution is 2.41. The van der Waals surface area contributed by atoms with Crippen molar-refractivity contribution in [1.82, 2.24) is 20.1 Å². The van der Waals surface area contributed by atoms with Crippen molar-refractivity contribution in [2.24, 2.45) is 5.41 Å². The number of amides is 1. The van der Waals surface area contributed by atoms with Crippen LogP contribution >= 0.6 is 11.3 Å². The molecule has 0 saturated carbocycles. The Kier molecular flexibility index (Phi) is 4.57. The molecule has 1 aliphatic rings. The Morgan fingerprint density at radius 3 is 2.82 bits per heavy atom. The highest BCUT2D eigenvalue weighted by molar-refractivity contribution is 7.13. The van der Waals surface area contributed by atoms with E-state index >= 15 is 0 Å². The molecule has 28 heavy (non-hydrogen) atoms. The number of aryl methyl sites for hydroxylation is 2. The van der Waals surface area contributed by atoms with Gasteiger partial charge in [0.1, 0.15) is 10.7 Å². The highest BCUT2D eigenvalue weighted by Gasteiger charge is 2.36. The van der Waals surface area contributed by atoms with Gasteiger partial charge >= 0.3 is 0 Å². The van der Waals surface area contributed by atoms with Crippen LogP contribution in [0.1, 0.15) is 57.9 Å². The van der Waals surface area contributed by atoms with Crippen LogP contribution in [0.2, 0.25) is 0 Å². The predicted molar refractivity (Wildman–Crippen MR) is 107 cm³/mol. The maximum absolute atomic E-state index is 13.7. The van der Waals surface area contributed by atoms with E-state index in [1.54, 1.807) is 16.9 Å². The lowest BCUT2D eigenvalue weighted by atomic mass is 9.74. The molecule has 3 aromatic rings. The Labute approximate surface area is 167 Å². The third-order valence-electron chi connectivity index (χ3n) is 5.15. The Bertz CT molecular complexity index is 1050. The molecule has 0 bridgehead atoms. The van der Waals surface area contributed by atoms with Gasteiger partial charge in [-0.15, -0.1) is 11.3 Å². The zero-order chi connectivity index (χ0) is 20.1. The summed E-state index contributed by atoms with van der Waals surface area (Å²) in [6.07, 6.45) is 3.42. The highest BCUT2D eigenvalue weighted by atomic mass is 32.1. The second-order valence-corrected chi connectivity index (χ2v) is 9.36. The third-order valence-corrected chi connectivity index (χ3v) is 6.22. The standard InChI is InChI=1S/C21H23FN4OS/c1-12-19(28-13(2)24-12)20(27)25-17-9-21(3,4)10-18-16(17)11-23-26(18)15-7-5-6-14(22)8-15/h5-8,11,17H,9-10H2,1-4H3,(H,25,27)/t17-/m0/s1. The van der Waals surface area contributed by atoms with E-state index in [-0.39, 0.29) is 23.2 Å². The van der Waals surface area contributed by atoms with Gasteiger partial charge in [0.25, 0.3) is 5.91 Å². The molecular formula is C21H23FN4OS. The summed E-state index contributed by atoms with van der Waals surface area (Å²) in [7, 11) is 0. The van der Waals surface area contributed by atoms with Crippen LogP contribution in [0.4, 0.5) is 4.39 Å². The molecule has 0 spiro atoms. The van der Waals surface area contributed by atoms with Gasteiger partial charge in [0.15, 0.2) is 0 Å². The molecule has 1 aromatic carbocycles. The number of rotatable bonds is 3. The molecule has 7 heteroatoms. The molecular weight excluding hydrogens is 375 g/mol. The van der Waals surface area contributed by atoms with E-state index in [4.69, 9.17) is 0 Å². The van der Waals surface area contributed by atoms with E-state index in [9.17, 15) is 9.18 Å². The van der Waals surface area contributed by atoms with E-state index in [0.717, 1.165) is 34.8 Å². The summed E-state index contributed by atoms with van der Waals surface area (Å²) in [4.78, 5) is 17.9. The zero-order valence-corrected chi connectivity index (χ0v) is 17.2. The third kappa shape index (κ3) is 3.46. The van der Waals surface area contributed by atoms with E-state index in [1.807, 2.05) is 19.9 Å². The van der Waals surface area contributed by atoms with E-state index in [1.165, 1.54) is 23.5 Å². The summed E-state index contributed by atoms with van der Waals surface area (Å²) < 4.78 is 15.5. The number of carbonyl (C=O) groups excluding carboxylic acids is 1. The summed E-state index contributed by atoms with van der Waals surface area (Å²) in [6.45, 7) is 8.12. The number of nitrogens with one attached hydrogen (secondary N) is 1. The number of hydrogen-bond acceptors (Lipinski definition) is 4. The smallest absolute Gasteiger partial charge is 0.263 e. The summed E-state index contributed by atoms with van der Waals surface area (Å²) in [6, 6.07) is 6.28. The van der Waals surface area contributed by atoms with Crippen molar-refractivity contribution in [3.05, 3.63) is 63.1 Å². The first-order chi connectivity index (χ1) is 13.2. The van der Waals surface area contributed by atoms with Crippen LogP contribution in [0.25, 0.3) is 5.69 Å². The molecule has 2 aromatic heterocycles. The van der Waals surface area contributed by atoms with Gasteiger partial charge in [0.2, 0.25) is 0 Å².